The van der Waals surface area contributed by atoms with Crippen molar-refractivity contribution in [3.05, 3.63) is 48.0 Å². The lowest BCUT2D eigenvalue weighted by Crippen LogP contribution is -2.21. The van der Waals surface area contributed by atoms with Crippen molar-refractivity contribution < 1.29 is 4.79 Å². The van der Waals surface area contributed by atoms with Crippen molar-refractivity contribution >= 4 is 5.78 Å². The molecule has 0 spiro atoms. The highest BCUT2D eigenvalue weighted by atomic mass is 16.1. The lowest BCUT2D eigenvalue weighted by Gasteiger charge is -2.23. The van der Waals surface area contributed by atoms with Crippen molar-refractivity contribution in [1.82, 2.24) is 0 Å². The Kier molecular flexibility index (Phi) is 2.09. The van der Waals surface area contributed by atoms with Gasteiger partial charge in [0.25, 0.3) is 0 Å². The summed E-state index contributed by atoms with van der Waals surface area (Å²) >= 11 is 0. The normalized spacial score (nSPS) is 44.6. The number of hydrogen-bond acceptors (Lipinski definition) is 1. The van der Waals surface area contributed by atoms with Gasteiger partial charge in [0.05, 0.1) is 0 Å². The molecular formula is C17H18O. The average Bonchev–Trinajstić information content (AvgIpc) is 3.05. The Morgan fingerprint density at radius 3 is 2.50 bits per heavy atom. The number of hydrogen-bond donors (Lipinski definition) is 0. The number of ketones is 1. The van der Waals surface area contributed by atoms with Gasteiger partial charge in [0, 0.05) is 11.8 Å². The molecule has 2 fully saturated rings. The third-order valence-corrected chi connectivity index (χ3v) is 5.45. The quantitative estimate of drug-likeness (QED) is 0.685. The largest absolute Gasteiger partial charge is 0.299 e. The number of benzene rings is 1. The van der Waals surface area contributed by atoms with Crippen LogP contribution in [0.3, 0.4) is 0 Å². The summed E-state index contributed by atoms with van der Waals surface area (Å²) in [5.41, 5.74) is 1.23. The summed E-state index contributed by atoms with van der Waals surface area (Å²) < 4.78 is 0. The zero-order valence-corrected chi connectivity index (χ0v) is 10.6. The first-order chi connectivity index (χ1) is 8.77. The van der Waals surface area contributed by atoms with Crippen LogP contribution in [0.2, 0.25) is 0 Å². The molecule has 2 bridgehead atoms. The molecule has 3 aliphatic carbocycles. The van der Waals surface area contributed by atoms with E-state index in [1.807, 2.05) is 6.07 Å². The van der Waals surface area contributed by atoms with Crippen molar-refractivity contribution in [3.63, 3.8) is 0 Å². The van der Waals surface area contributed by atoms with E-state index in [0.717, 1.165) is 0 Å². The number of carbonyl (C=O) groups excluding carboxylic acids is 1. The van der Waals surface area contributed by atoms with Crippen LogP contribution in [0.4, 0.5) is 0 Å². The fourth-order valence-corrected chi connectivity index (χ4v) is 4.79. The van der Waals surface area contributed by atoms with Crippen LogP contribution in [-0.4, -0.2) is 5.78 Å². The lowest BCUT2D eigenvalue weighted by atomic mass is 9.80. The van der Waals surface area contributed by atoms with Crippen molar-refractivity contribution in [3.8, 4) is 0 Å². The Labute approximate surface area is 108 Å². The minimum atomic E-state index is 0.145. The van der Waals surface area contributed by atoms with Crippen molar-refractivity contribution in [2.75, 3.05) is 0 Å². The topological polar surface area (TPSA) is 17.1 Å². The number of Topliss-reactive ketones (excluding diaryl/α,β-unsaturated/α-hetero) is 1. The smallest absolute Gasteiger partial charge is 0.144 e. The van der Waals surface area contributed by atoms with Gasteiger partial charge in [0.2, 0.25) is 0 Å². The molecule has 18 heavy (non-hydrogen) atoms. The van der Waals surface area contributed by atoms with Gasteiger partial charge in [-0.3, -0.25) is 4.79 Å². The summed E-state index contributed by atoms with van der Waals surface area (Å²) in [6, 6.07) is 10.4. The van der Waals surface area contributed by atoms with Crippen LogP contribution in [0.15, 0.2) is 42.5 Å². The Morgan fingerprint density at radius 1 is 1.06 bits per heavy atom. The minimum Gasteiger partial charge on any atom is -0.299 e. The van der Waals surface area contributed by atoms with Gasteiger partial charge in [-0.2, -0.15) is 0 Å². The number of rotatable bonds is 1. The average molecular weight is 238 g/mol. The molecule has 0 aromatic heterocycles. The van der Waals surface area contributed by atoms with Gasteiger partial charge in [-0.05, 0) is 35.7 Å². The predicted molar refractivity (Wildman–Crippen MR) is 71.1 cm³/mol. The van der Waals surface area contributed by atoms with E-state index in [0.29, 0.717) is 35.4 Å². The summed E-state index contributed by atoms with van der Waals surface area (Å²) in [5, 5.41) is 0. The van der Waals surface area contributed by atoms with Gasteiger partial charge in [-0.25, -0.2) is 0 Å². The van der Waals surface area contributed by atoms with E-state index in [1.165, 1.54) is 12.0 Å². The van der Waals surface area contributed by atoms with Crippen LogP contribution < -0.4 is 0 Å². The summed E-state index contributed by atoms with van der Waals surface area (Å²) in [7, 11) is 0. The summed E-state index contributed by atoms with van der Waals surface area (Å²) in [5.74, 6) is 3.31. The SMILES string of the molecule is C[C@@H]1C2C(C(=O)[C@H]1c1ccccc1)[C@H]1C=C[C@@H]2C1. The van der Waals surface area contributed by atoms with Crippen LogP contribution in [-0.2, 0) is 4.79 Å². The molecule has 92 valence electrons. The molecule has 0 aliphatic heterocycles. The molecule has 2 saturated carbocycles. The van der Waals surface area contributed by atoms with Crippen molar-refractivity contribution in [1.29, 1.82) is 0 Å². The van der Waals surface area contributed by atoms with Crippen molar-refractivity contribution in [2.45, 2.75) is 19.3 Å². The molecule has 0 saturated heterocycles. The van der Waals surface area contributed by atoms with Gasteiger partial charge in [0.15, 0.2) is 0 Å². The maximum atomic E-state index is 12.8. The highest BCUT2D eigenvalue weighted by molar-refractivity contribution is 5.92. The second kappa shape index (κ2) is 3.57. The van der Waals surface area contributed by atoms with E-state index >= 15 is 0 Å². The standard InChI is InChI=1S/C17H18O/c1-10-14-12-7-8-13(9-12)16(14)17(18)15(10)11-5-3-2-4-6-11/h2-8,10,12-16H,9H2,1H3/t10-,12-,13+,14?,15-,16?/m1/s1. The number of carbonyl (C=O) groups is 1. The van der Waals surface area contributed by atoms with Crippen LogP contribution in [0.25, 0.3) is 0 Å². The van der Waals surface area contributed by atoms with E-state index in [4.69, 9.17) is 0 Å². The van der Waals surface area contributed by atoms with Gasteiger partial charge in [-0.15, -0.1) is 0 Å². The third-order valence-electron chi connectivity index (χ3n) is 5.45. The second-order valence-corrected chi connectivity index (χ2v) is 6.20. The van der Waals surface area contributed by atoms with Gasteiger partial charge < -0.3 is 0 Å². The maximum Gasteiger partial charge on any atom is 0.144 e. The first kappa shape index (κ1) is 10.5. The molecule has 0 N–H and O–H groups in total. The lowest BCUT2D eigenvalue weighted by molar-refractivity contribution is -0.123. The first-order valence-electron chi connectivity index (χ1n) is 7.04. The Bertz CT molecular complexity index is 516. The molecule has 1 heteroatoms. The number of allylic oxidation sites excluding steroid dienone is 2. The summed E-state index contributed by atoms with van der Waals surface area (Å²) in [6.45, 7) is 2.29. The van der Waals surface area contributed by atoms with E-state index in [1.54, 1.807) is 0 Å². The summed E-state index contributed by atoms with van der Waals surface area (Å²) in [6.07, 6.45) is 5.89. The first-order valence-corrected chi connectivity index (χ1v) is 7.04. The van der Waals surface area contributed by atoms with E-state index in [2.05, 4.69) is 43.3 Å². The predicted octanol–water partition coefficient (Wildman–Crippen LogP) is 3.43. The highest BCUT2D eigenvalue weighted by Crippen LogP contribution is 2.59. The van der Waals surface area contributed by atoms with Crippen LogP contribution in [0.1, 0.15) is 24.8 Å². The zero-order valence-electron chi connectivity index (χ0n) is 10.6. The fraction of sp³-hybridized carbons (Fsp3) is 0.471. The van der Waals surface area contributed by atoms with Gasteiger partial charge in [-0.1, -0.05) is 49.4 Å². The number of fused-ring (bicyclic) bond motifs is 5. The van der Waals surface area contributed by atoms with Gasteiger partial charge >= 0.3 is 0 Å². The third kappa shape index (κ3) is 1.20. The molecule has 6 atom stereocenters. The van der Waals surface area contributed by atoms with Crippen LogP contribution in [0, 0.1) is 29.6 Å². The maximum absolute atomic E-state index is 12.8. The minimum absolute atomic E-state index is 0.145. The Balaban J connectivity index is 1.75. The molecule has 1 aromatic carbocycles. The molecule has 1 aromatic rings. The Hall–Kier alpha value is -1.37. The van der Waals surface area contributed by atoms with E-state index in [9.17, 15) is 4.79 Å². The summed E-state index contributed by atoms with van der Waals surface area (Å²) in [4.78, 5) is 12.8. The van der Waals surface area contributed by atoms with E-state index < -0.39 is 0 Å². The van der Waals surface area contributed by atoms with E-state index in [-0.39, 0.29) is 5.92 Å². The van der Waals surface area contributed by atoms with Crippen LogP contribution >= 0.6 is 0 Å². The fourth-order valence-electron chi connectivity index (χ4n) is 4.79. The molecule has 2 unspecified atom stereocenters. The molecule has 0 radical (unpaired) electrons. The monoisotopic (exact) mass is 238 g/mol. The second-order valence-electron chi connectivity index (χ2n) is 6.20. The molecule has 0 heterocycles. The molecule has 4 rings (SSSR count). The molecule has 1 nitrogen and oxygen atoms in total. The Morgan fingerprint density at radius 2 is 1.78 bits per heavy atom. The van der Waals surface area contributed by atoms with Gasteiger partial charge in [0.1, 0.15) is 5.78 Å². The molecular weight excluding hydrogens is 220 g/mol. The van der Waals surface area contributed by atoms with Crippen molar-refractivity contribution in [2.24, 2.45) is 29.6 Å². The molecule has 0 amide bonds. The molecule has 3 aliphatic rings. The van der Waals surface area contributed by atoms with Crippen LogP contribution in [0.5, 0.6) is 0 Å². The zero-order chi connectivity index (χ0) is 12.3. The highest BCUT2D eigenvalue weighted by Gasteiger charge is 2.58.